The van der Waals surface area contributed by atoms with Crippen LogP contribution in [-0.2, 0) is 10.5 Å². The predicted molar refractivity (Wildman–Crippen MR) is 110 cm³/mol. The van der Waals surface area contributed by atoms with E-state index in [1.54, 1.807) is 30.8 Å². The summed E-state index contributed by atoms with van der Waals surface area (Å²) < 4.78 is 19.3. The van der Waals surface area contributed by atoms with Gasteiger partial charge in [0.1, 0.15) is 11.6 Å². The van der Waals surface area contributed by atoms with E-state index in [1.807, 2.05) is 48.5 Å². The summed E-state index contributed by atoms with van der Waals surface area (Å²) in [5.74, 6) is 1.63. The Hall–Kier alpha value is -2.53. The van der Waals surface area contributed by atoms with Crippen LogP contribution < -0.4 is 10.1 Å². The molecular formula is C22H22FNO2S. The van der Waals surface area contributed by atoms with Crippen molar-refractivity contribution in [1.29, 1.82) is 0 Å². The van der Waals surface area contributed by atoms with Gasteiger partial charge in [0.2, 0.25) is 0 Å². The molecule has 5 heteroatoms. The van der Waals surface area contributed by atoms with Crippen LogP contribution in [0.2, 0.25) is 0 Å². The highest BCUT2D eigenvalue weighted by molar-refractivity contribution is 7.98. The lowest BCUT2D eigenvalue weighted by molar-refractivity contribution is -0.127. The van der Waals surface area contributed by atoms with E-state index in [4.69, 9.17) is 4.74 Å². The van der Waals surface area contributed by atoms with Crippen molar-refractivity contribution in [1.82, 2.24) is 5.32 Å². The van der Waals surface area contributed by atoms with E-state index in [-0.39, 0.29) is 11.7 Å². The largest absolute Gasteiger partial charge is 0.481 e. The summed E-state index contributed by atoms with van der Waals surface area (Å²) >= 11 is 1.58. The minimum atomic E-state index is -0.581. The zero-order valence-corrected chi connectivity index (χ0v) is 16.0. The van der Waals surface area contributed by atoms with Gasteiger partial charge >= 0.3 is 0 Å². The fourth-order valence-corrected chi connectivity index (χ4v) is 3.53. The first-order chi connectivity index (χ1) is 13.1. The molecule has 0 radical (unpaired) electrons. The lowest BCUT2D eigenvalue weighted by Gasteiger charge is -2.15. The summed E-state index contributed by atoms with van der Waals surface area (Å²) in [7, 11) is 0. The van der Waals surface area contributed by atoms with E-state index >= 15 is 0 Å². The SMILES string of the molecule is C[C@H](Oc1ccc2ccccc2c1)C(=O)NCCSCc1ccccc1F. The lowest BCUT2D eigenvalue weighted by Crippen LogP contribution is -2.37. The van der Waals surface area contributed by atoms with E-state index in [0.29, 0.717) is 29.4 Å². The van der Waals surface area contributed by atoms with E-state index in [1.165, 1.54) is 6.07 Å². The summed E-state index contributed by atoms with van der Waals surface area (Å²) in [5.41, 5.74) is 0.682. The second-order valence-corrected chi connectivity index (χ2v) is 7.31. The lowest BCUT2D eigenvalue weighted by atomic mass is 10.1. The summed E-state index contributed by atoms with van der Waals surface area (Å²) in [6.07, 6.45) is -0.581. The van der Waals surface area contributed by atoms with Crippen molar-refractivity contribution in [2.45, 2.75) is 18.8 Å². The molecule has 0 saturated carbocycles. The minimum absolute atomic E-state index is 0.158. The van der Waals surface area contributed by atoms with E-state index in [9.17, 15) is 9.18 Å². The predicted octanol–water partition coefficient (Wildman–Crippen LogP) is 4.80. The molecule has 140 valence electrons. The topological polar surface area (TPSA) is 38.3 Å². The van der Waals surface area contributed by atoms with Crippen LogP contribution in [0.1, 0.15) is 12.5 Å². The van der Waals surface area contributed by atoms with Crippen molar-refractivity contribution in [3.63, 3.8) is 0 Å². The van der Waals surface area contributed by atoms with Gasteiger partial charge in [0.15, 0.2) is 6.10 Å². The van der Waals surface area contributed by atoms with Crippen LogP contribution in [0.4, 0.5) is 4.39 Å². The molecule has 3 aromatic carbocycles. The Kier molecular flexibility index (Phi) is 6.71. The molecule has 0 saturated heterocycles. The van der Waals surface area contributed by atoms with Crippen molar-refractivity contribution in [3.05, 3.63) is 78.1 Å². The number of carbonyl (C=O) groups is 1. The standard InChI is InChI=1S/C22H22FNO2S/c1-16(26-20-11-10-17-6-2-3-7-18(17)14-20)22(25)24-12-13-27-15-19-8-4-5-9-21(19)23/h2-11,14,16H,12-13,15H2,1H3,(H,24,25)/t16-/m0/s1. The van der Waals surface area contributed by atoms with Gasteiger partial charge in [-0.3, -0.25) is 4.79 Å². The number of hydrogen-bond donors (Lipinski definition) is 1. The Balaban J connectivity index is 1.41. The zero-order valence-electron chi connectivity index (χ0n) is 15.2. The van der Waals surface area contributed by atoms with Gasteiger partial charge in [-0.15, -0.1) is 0 Å². The third-order valence-corrected chi connectivity index (χ3v) is 5.17. The third kappa shape index (κ3) is 5.47. The van der Waals surface area contributed by atoms with Gasteiger partial charge in [0, 0.05) is 18.1 Å². The number of benzene rings is 3. The molecule has 1 atom stereocenters. The number of halogens is 1. The fraction of sp³-hybridized carbons (Fsp3) is 0.227. The Labute approximate surface area is 162 Å². The molecule has 1 amide bonds. The molecule has 0 heterocycles. The number of hydrogen-bond acceptors (Lipinski definition) is 3. The summed E-state index contributed by atoms with van der Waals surface area (Å²) in [6.45, 7) is 2.25. The van der Waals surface area contributed by atoms with Crippen molar-refractivity contribution in [2.24, 2.45) is 0 Å². The Morgan fingerprint density at radius 3 is 2.63 bits per heavy atom. The highest BCUT2D eigenvalue weighted by Gasteiger charge is 2.14. The van der Waals surface area contributed by atoms with Crippen molar-refractivity contribution in [2.75, 3.05) is 12.3 Å². The number of ether oxygens (including phenoxy) is 1. The van der Waals surface area contributed by atoms with Crippen LogP contribution in [0.25, 0.3) is 10.8 Å². The molecule has 0 aliphatic carbocycles. The maximum absolute atomic E-state index is 13.5. The second kappa shape index (κ2) is 9.42. The Morgan fingerprint density at radius 2 is 1.81 bits per heavy atom. The third-order valence-electron chi connectivity index (χ3n) is 4.16. The molecule has 0 aliphatic heterocycles. The van der Waals surface area contributed by atoms with Gasteiger partial charge in [-0.05, 0) is 41.5 Å². The van der Waals surface area contributed by atoms with E-state index in [0.717, 1.165) is 10.8 Å². The molecule has 1 N–H and O–H groups in total. The zero-order chi connectivity index (χ0) is 19.1. The fourth-order valence-electron chi connectivity index (χ4n) is 2.69. The van der Waals surface area contributed by atoms with Crippen LogP contribution in [-0.4, -0.2) is 24.3 Å². The first-order valence-electron chi connectivity index (χ1n) is 8.88. The molecule has 0 bridgehead atoms. The number of amides is 1. The van der Waals surface area contributed by atoms with Gasteiger partial charge in [0.25, 0.3) is 5.91 Å². The number of thioether (sulfide) groups is 1. The van der Waals surface area contributed by atoms with E-state index in [2.05, 4.69) is 5.32 Å². The maximum Gasteiger partial charge on any atom is 0.260 e. The molecular weight excluding hydrogens is 361 g/mol. The van der Waals surface area contributed by atoms with Gasteiger partial charge in [-0.1, -0.05) is 48.5 Å². The quantitative estimate of drug-likeness (QED) is 0.568. The molecule has 27 heavy (non-hydrogen) atoms. The van der Waals surface area contributed by atoms with Crippen molar-refractivity contribution >= 4 is 28.4 Å². The van der Waals surface area contributed by atoms with Crippen LogP contribution >= 0.6 is 11.8 Å². The summed E-state index contributed by atoms with van der Waals surface area (Å²) in [4.78, 5) is 12.2. The number of fused-ring (bicyclic) bond motifs is 1. The smallest absolute Gasteiger partial charge is 0.260 e. The summed E-state index contributed by atoms with van der Waals surface area (Å²) in [6, 6.07) is 20.5. The highest BCUT2D eigenvalue weighted by Crippen LogP contribution is 2.21. The number of carbonyl (C=O) groups excluding carboxylic acids is 1. The molecule has 3 aromatic rings. The first-order valence-corrected chi connectivity index (χ1v) is 10.0. The molecule has 0 unspecified atom stereocenters. The van der Waals surface area contributed by atoms with Gasteiger partial charge < -0.3 is 10.1 Å². The molecule has 0 fully saturated rings. The highest BCUT2D eigenvalue weighted by atomic mass is 32.2. The summed E-state index contributed by atoms with van der Waals surface area (Å²) in [5, 5.41) is 5.07. The van der Waals surface area contributed by atoms with Crippen LogP contribution in [0.15, 0.2) is 66.7 Å². The Bertz CT molecular complexity index is 915. The second-order valence-electron chi connectivity index (χ2n) is 6.20. The normalized spacial score (nSPS) is 11.9. The van der Waals surface area contributed by atoms with Gasteiger partial charge in [0.05, 0.1) is 0 Å². The van der Waals surface area contributed by atoms with Crippen molar-refractivity contribution in [3.8, 4) is 5.75 Å². The van der Waals surface area contributed by atoms with E-state index < -0.39 is 6.10 Å². The minimum Gasteiger partial charge on any atom is -0.481 e. The van der Waals surface area contributed by atoms with Crippen LogP contribution in [0, 0.1) is 5.82 Å². The van der Waals surface area contributed by atoms with Crippen LogP contribution in [0.5, 0.6) is 5.75 Å². The number of rotatable bonds is 8. The number of nitrogens with one attached hydrogen (secondary N) is 1. The first kappa shape index (κ1) is 19.2. The van der Waals surface area contributed by atoms with Gasteiger partial charge in [-0.25, -0.2) is 4.39 Å². The van der Waals surface area contributed by atoms with Crippen LogP contribution in [0.3, 0.4) is 0 Å². The monoisotopic (exact) mass is 383 g/mol. The maximum atomic E-state index is 13.5. The van der Waals surface area contributed by atoms with Gasteiger partial charge in [-0.2, -0.15) is 11.8 Å². The molecule has 3 nitrogen and oxygen atoms in total. The molecule has 0 spiro atoms. The van der Waals surface area contributed by atoms with Crippen molar-refractivity contribution < 1.29 is 13.9 Å². The average Bonchev–Trinajstić information content (AvgIpc) is 2.68. The molecule has 3 rings (SSSR count). The average molecular weight is 383 g/mol. The Morgan fingerprint density at radius 1 is 1.07 bits per heavy atom. The molecule has 0 aliphatic rings. The molecule has 0 aromatic heterocycles.